The molecule has 184 valence electrons. The minimum Gasteiger partial charge on any atom is -0.486 e. The second-order valence-electron chi connectivity index (χ2n) is 8.17. The molecule has 0 bridgehead atoms. The van der Waals surface area contributed by atoms with E-state index in [-0.39, 0.29) is 28.0 Å². The zero-order valence-corrected chi connectivity index (χ0v) is 22.1. The van der Waals surface area contributed by atoms with Crippen LogP contribution in [0.15, 0.2) is 88.9 Å². The van der Waals surface area contributed by atoms with Crippen molar-refractivity contribution < 1.29 is 19.1 Å². The molecule has 0 unspecified atom stereocenters. The van der Waals surface area contributed by atoms with Crippen LogP contribution >= 0.6 is 39.1 Å². The maximum atomic E-state index is 13.1. The Kier molecular flexibility index (Phi) is 7.02. The SMILES string of the molecule is O=C1NC(=O)N(c2ccc(Br)cc2)C(=O)/C1=C/c1cc(Cl)c(OCc2cccc3ccccc23)c(Cl)c1. The molecule has 5 rings (SSSR count). The molecule has 1 aliphatic heterocycles. The van der Waals surface area contributed by atoms with Crippen molar-refractivity contribution in [3.63, 3.8) is 0 Å². The molecule has 0 atom stereocenters. The van der Waals surface area contributed by atoms with Crippen LogP contribution in [-0.2, 0) is 16.2 Å². The summed E-state index contributed by atoms with van der Waals surface area (Å²) in [5.41, 5.74) is 1.45. The third-order valence-corrected chi connectivity index (χ3v) is 6.86. The second-order valence-corrected chi connectivity index (χ2v) is 9.90. The van der Waals surface area contributed by atoms with Crippen LogP contribution in [0.2, 0.25) is 10.0 Å². The number of amides is 4. The number of fused-ring (bicyclic) bond motifs is 1. The average Bonchev–Trinajstić information content (AvgIpc) is 2.87. The van der Waals surface area contributed by atoms with Crippen molar-refractivity contribution in [1.82, 2.24) is 5.32 Å². The van der Waals surface area contributed by atoms with Gasteiger partial charge >= 0.3 is 6.03 Å². The average molecular weight is 596 g/mol. The highest BCUT2D eigenvalue weighted by molar-refractivity contribution is 9.10. The molecule has 4 aromatic rings. The minimum absolute atomic E-state index is 0.212. The number of carbonyl (C=O) groups is 3. The van der Waals surface area contributed by atoms with Crippen molar-refractivity contribution in [2.75, 3.05) is 4.90 Å². The van der Waals surface area contributed by atoms with E-state index in [0.29, 0.717) is 11.3 Å². The molecule has 4 aromatic carbocycles. The van der Waals surface area contributed by atoms with Gasteiger partial charge in [-0.3, -0.25) is 14.9 Å². The van der Waals surface area contributed by atoms with E-state index in [9.17, 15) is 14.4 Å². The maximum absolute atomic E-state index is 13.1. The Labute approximate surface area is 230 Å². The molecule has 1 N–H and O–H groups in total. The number of urea groups is 1. The van der Waals surface area contributed by atoms with Crippen LogP contribution in [0.25, 0.3) is 16.8 Å². The summed E-state index contributed by atoms with van der Waals surface area (Å²) in [6, 6.07) is 22.7. The summed E-state index contributed by atoms with van der Waals surface area (Å²) in [7, 11) is 0. The number of imide groups is 2. The van der Waals surface area contributed by atoms with E-state index in [1.165, 1.54) is 6.08 Å². The summed E-state index contributed by atoms with van der Waals surface area (Å²) in [5, 5.41) is 4.77. The van der Waals surface area contributed by atoms with Crippen molar-refractivity contribution >= 4 is 79.5 Å². The first kappa shape index (κ1) is 25.0. The van der Waals surface area contributed by atoms with Gasteiger partial charge in [0.05, 0.1) is 15.7 Å². The van der Waals surface area contributed by atoms with Gasteiger partial charge in [0, 0.05) is 4.47 Å². The number of hydrogen-bond donors (Lipinski definition) is 1. The van der Waals surface area contributed by atoms with Crippen molar-refractivity contribution in [1.29, 1.82) is 0 Å². The van der Waals surface area contributed by atoms with Crippen molar-refractivity contribution in [3.8, 4) is 5.75 Å². The number of carbonyl (C=O) groups excluding carboxylic acids is 3. The van der Waals surface area contributed by atoms with Crippen molar-refractivity contribution in [2.45, 2.75) is 6.61 Å². The fraction of sp³-hybridized carbons (Fsp3) is 0.0357. The molecule has 4 amide bonds. The molecular formula is C28H17BrCl2N2O4. The molecule has 0 aromatic heterocycles. The molecule has 0 aliphatic carbocycles. The number of nitrogens with one attached hydrogen (secondary N) is 1. The van der Waals surface area contributed by atoms with Crippen LogP contribution in [0.1, 0.15) is 11.1 Å². The number of benzene rings is 4. The minimum atomic E-state index is -0.831. The standard InChI is InChI=1S/C28H17BrCl2N2O4/c29-19-8-10-20(11-9-19)33-27(35)22(26(34)32-28(33)36)12-16-13-23(30)25(24(31)14-16)37-15-18-6-3-5-17-4-1-2-7-21(17)18/h1-14H,15H2,(H,32,34,36)/b22-12+. The Morgan fingerprint density at radius 3 is 2.30 bits per heavy atom. The Hall–Kier alpha value is -3.65. The lowest BCUT2D eigenvalue weighted by molar-refractivity contribution is -0.122. The normalized spacial score (nSPS) is 14.8. The highest BCUT2D eigenvalue weighted by Gasteiger charge is 2.36. The molecule has 0 spiro atoms. The second kappa shape index (κ2) is 10.4. The topological polar surface area (TPSA) is 75.7 Å². The van der Waals surface area contributed by atoms with Gasteiger partial charge in [-0.2, -0.15) is 0 Å². The van der Waals surface area contributed by atoms with Gasteiger partial charge in [-0.05, 0) is 64.4 Å². The molecular weight excluding hydrogens is 579 g/mol. The zero-order chi connectivity index (χ0) is 26.1. The molecule has 6 nitrogen and oxygen atoms in total. The number of halogens is 3. The third kappa shape index (κ3) is 5.11. The van der Waals surface area contributed by atoms with E-state index in [2.05, 4.69) is 21.2 Å². The molecule has 1 fully saturated rings. The molecule has 37 heavy (non-hydrogen) atoms. The van der Waals surface area contributed by atoms with Crippen molar-refractivity contribution in [2.24, 2.45) is 0 Å². The Morgan fingerprint density at radius 1 is 0.892 bits per heavy atom. The molecule has 9 heteroatoms. The summed E-state index contributed by atoms with van der Waals surface area (Å²) in [6.07, 6.45) is 1.34. The fourth-order valence-electron chi connectivity index (χ4n) is 4.02. The number of hydrogen-bond acceptors (Lipinski definition) is 4. The lowest BCUT2D eigenvalue weighted by atomic mass is 10.1. The van der Waals surface area contributed by atoms with E-state index in [1.807, 2.05) is 42.5 Å². The highest BCUT2D eigenvalue weighted by atomic mass is 79.9. The van der Waals surface area contributed by atoms with Crippen LogP contribution in [0.3, 0.4) is 0 Å². The Balaban J connectivity index is 1.41. The molecule has 1 saturated heterocycles. The van der Waals surface area contributed by atoms with Crippen LogP contribution in [0.4, 0.5) is 10.5 Å². The first-order valence-electron chi connectivity index (χ1n) is 11.1. The number of barbiturate groups is 1. The van der Waals surface area contributed by atoms with Gasteiger partial charge in [0.25, 0.3) is 11.8 Å². The largest absolute Gasteiger partial charge is 0.486 e. The lowest BCUT2D eigenvalue weighted by Crippen LogP contribution is -2.54. The van der Waals surface area contributed by atoms with E-state index in [4.69, 9.17) is 27.9 Å². The molecule has 0 saturated carbocycles. The zero-order valence-electron chi connectivity index (χ0n) is 19.0. The van der Waals surface area contributed by atoms with Crippen LogP contribution in [0, 0.1) is 0 Å². The molecule has 0 radical (unpaired) electrons. The fourth-order valence-corrected chi connectivity index (χ4v) is 4.90. The molecule has 1 aliphatic rings. The predicted molar refractivity (Wildman–Crippen MR) is 148 cm³/mol. The Bertz CT molecular complexity index is 1570. The number of nitrogens with zero attached hydrogens (tertiary/aromatic N) is 1. The Morgan fingerprint density at radius 2 is 1.57 bits per heavy atom. The number of anilines is 1. The quantitative estimate of drug-likeness (QED) is 0.196. The summed E-state index contributed by atoms with van der Waals surface area (Å²) < 4.78 is 6.74. The van der Waals surface area contributed by atoms with Gasteiger partial charge in [-0.15, -0.1) is 0 Å². The first-order chi connectivity index (χ1) is 17.8. The highest BCUT2D eigenvalue weighted by Crippen LogP contribution is 2.36. The smallest absolute Gasteiger partial charge is 0.335 e. The summed E-state index contributed by atoms with van der Waals surface area (Å²) in [5.74, 6) is -1.30. The van der Waals surface area contributed by atoms with Gasteiger partial charge in [-0.1, -0.05) is 81.6 Å². The monoisotopic (exact) mass is 594 g/mol. The number of rotatable bonds is 5. The lowest BCUT2D eigenvalue weighted by Gasteiger charge is -2.26. The van der Waals surface area contributed by atoms with E-state index in [0.717, 1.165) is 25.7 Å². The van der Waals surface area contributed by atoms with Gasteiger partial charge in [0.2, 0.25) is 0 Å². The van der Waals surface area contributed by atoms with Crippen LogP contribution in [-0.4, -0.2) is 17.8 Å². The van der Waals surface area contributed by atoms with Gasteiger partial charge < -0.3 is 4.74 Å². The summed E-state index contributed by atoms with van der Waals surface area (Å²) in [6.45, 7) is 0.242. The van der Waals surface area contributed by atoms with Gasteiger partial charge in [-0.25, -0.2) is 9.69 Å². The van der Waals surface area contributed by atoms with Gasteiger partial charge in [0.1, 0.15) is 12.2 Å². The third-order valence-electron chi connectivity index (χ3n) is 5.77. The van der Waals surface area contributed by atoms with Crippen molar-refractivity contribution in [3.05, 3.63) is 110 Å². The summed E-state index contributed by atoms with van der Waals surface area (Å²) >= 11 is 16.3. The summed E-state index contributed by atoms with van der Waals surface area (Å²) in [4.78, 5) is 38.9. The van der Waals surface area contributed by atoms with Crippen LogP contribution < -0.4 is 15.0 Å². The van der Waals surface area contributed by atoms with E-state index >= 15 is 0 Å². The number of ether oxygens (including phenoxy) is 1. The first-order valence-corrected chi connectivity index (χ1v) is 12.6. The van der Waals surface area contributed by atoms with E-state index in [1.54, 1.807) is 36.4 Å². The van der Waals surface area contributed by atoms with E-state index < -0.39 is 17.8 Å². The van der Waals surface area contributed by atoms with Gasteiger partial charge in [0.15, 0.2) is 5.75 Å². The molecule has 1 heterocycles. The maximum Gasteiger partial charge on any atom is 0.335 e. The van der Waals surface area contributed by atoms with Crippen LogP contribution in [0.5, 0.6) is 5.75 Å². The predicted octanol–water partition coefficient (Wildman–Crippen LogP) is 7.15.